The molecule has 10 heteroatoms. The van der Waals surface area contributed by atoms with E-state index in [0.29, 0.717) is 31.7 Å². The Bertz CT molecular complexity index is 1310. The molecular weight excluding hydrogens is 548 g/mol. The van der Waals surface area contributed by atoms with Crippen molar-refractivity contribution in [3.05, 3.63) is 52.5 Å². The van der Waals surface area contributed by atoms with Gasteiger partial charge in [0, 0.05) is 49.3 Å². The zero-order valence-electron chi connectivity index (χ0n) is 19.7. The topological polar surface area (TPSA) is 73.8 Å². The zero-order chi connectivity index (χ0) is 24.6. The van der Waals surface area contributed by atoms with Crippen molar-refractivity contribution in [3.63, 3.8) is 0 Å². The number of thiazole rings is 1. The second kappa shape index (κ2) is 10.2. The summed E-state index contributed by atoms with van der Waals surface area (Å²) in [7, 11) is -1.89. The van der Waals surface area contributed by atoms with Crippen molar-refractivity contribution in [3.8, 4) is 0 Å². The van der Waals surface area contributed by atoms with E-state index in [2.05, 4.69) is 26.9 Å². The van der Waals surface area contributed by atoms with Crippen LogP contribution in [-0.2, 0) is 10.0 Å². The van der Waals surface area contributed by atoms with Crippen molar-refractivity contribution >= 4 is 58.5 Å². The van der Waals surface area contributed by atoms with Crippen LogP contribution >= 0.6 is 27.3 Å². The van der Waals surface area contributed by atoms with E-state index in [9.17, 15) is 13.2 Å². The third-order valence-corrected chi connectivity index (χ3v) is 10.5. The molecule has 2 fully saturated rings. The summed E-state index contributed by atoms with van der Waals surface area (Å²) in [5, 5.41) is 0.974. The summed E-state index contributed by atoms with van der Waals surface area (Å²) >= 11 is 5.17. The lowest BCUT2D eigenvalue weighted by Gasteiger charge is -2.34. The number of aromatic nitrogens is 1. The fourth-order valence-corrected chi connectivity index (χ4v) is 7.87. The predicted octanol–water partition coefficient (Wildman–Crippen LogP) is 4.97. The summed E-state index contributed by atoms with van der Waals surface area (Å²) in [6.07, 6.45) is 5.14. The number of hydrogen-bond donors (Lipinski definition) is 0. The molecule has 1 saturated carbocycles. The van der Waals surface area contributed by atoms with Gasteiger partial charge in [0.25, 0.3) is 5.91 Å². The van der Waals surface area contributed by atoms with Gasteiger partial charge in [-0.25, -0.2) is 13.4 Å². The van der Waals surface area contributed by atoms with Crippen molar-refractivity contribution in [2.24, 2.45) is 0 Å². The van der Waals surface area contributed by atoms with E-state index >= 15 is 0 Å². The SMILES string of the molecule is CN(C1CCCCC1)S(=O)(=O)c1ccc(C(=O)N2CCN(c3nc4ccc(Br)cc4s3)CC2)cc1. The number of piperazine rings is 1. The fraction of sp³-hybridized carbons (Fsp3) is 0.440. The number of halogens is 1. The number of benzene rings is 2. The lowest BCUT2D eigenvalue weighted by molar-refractivity contribution is 0.0746. The number of amides is 1. The van der Waals surface area contributed by atoms with E-state index < -0.39 is 10.0 Å². The third-order valence-electron chi connectivity index (χ3n) is 7.04. The van der Waals surface area contributed by atoms with Gasteiger partial charge in [-0.3, -0.25) is 4.79 Å². The lowest BCUT2D eigenvalue weighted by atomic mass is 9.96. The molecule has 0 N–H and O–H groups in total. The number of sulfonamides is 1. The Hall–Kier alpha value is -2.01. The minimum atomic E-state index is -3.56. The first-order valence-corrected chi connectivity index (χ1v) is 15.1. The molecule has 2 aromatic carbocycles. The Balaban J connectivity index is 1.22. The minimum Gasteiger partial charge on any atom is -0.345 e. The quantitative estimate of drug-likeness (QED) is 0.428. The summed E-state index contributed by atoms with van der Waals surface area (Å²) in [5.41, 5.74) is 1.50. The van der Waals surface area contributed by atoms with Crippen LogP contribution in [0.25, 0.3) is 10.2 Å². The van der Waals surface area contributed by atoms with Gasteiger partial charge in [-0.15, -0.1) is 0 Å². The molecule has 35 heavy (non-hydrogen) atoms. The molecule has 0 radical (unpaired) electrons. The van der Waals surface area contributed by atoms with Gasteiger partial charge in [0.2, 0.25) is 10.0 Å². The average molecular weight is 578 g/mol. The molecule has 1 saturated heterocycles. The predicted molar refractivity (Wildman–Crippen MR) is 144 cm³/mol. The fourth-order valence-electron chi connectivity index (χ4n) is 4.88. The molecule has 1 aliphatic carbocycles. The number of anilines is 1. The van der Waals surface area contributed by atoms with Crippen LogP contribution in [0.1, 0.15) is 42.5 Å². The Morgan fingerprint density at radius 2 is 1.71 bits per heavy atom. The summed E-state index contributed by atoms with van der Waals surface area (Å²) in [4.78, 5) is 22.1. The van der Waals surface area contributed by atoms with Gasteiger partial charge in [-0.2, -0.15) is 4.31 Å². The molecule has 0 bridgehead atoms. The first kappa shape index (κ1) is 24.7. The van der Waals surface area contributed by atoms with Crippen LogP contribution in [0.3, 0.4) is 0 Å². The Morgan fingerprint density at radius 1 is 1.03 bits per heavy atom. The van der Waals surface area contributed by atoms with Gasteiger partial charge in [0.15, 0.2) is 5.13 Å². The van der Waals surface area contributed by atoms with Crippen LogP contribution in [0.5, 0.6) is 0 Å². The molecule has 5 rings (SSSR count). The number of fused-ring (bicyclic) bond motifs is 1. The van der Waals surface area contributed by atoms with Gasteiger partial charge in [0.05, 0.1) is 15.1 Å². The highest BCUT2D eigenvalue weighted by molar-refractivity contribution is 9.10. The van der Waals surface area contributed by atoms with E-state index in [4.69, 9.17) is 4.98 Å². The maximum Gasteiger partial charge on any atom is 0.253 e. The number of nitrogens with zero attached hydrogens (tertiary/aromatic N) is 4. The highest BCUT2D eigenvalue weighted by Crippen LogP contribution is 2.31. The Labute approximate surface area is 218 Å². The van der Waals surface area contributed by atoms with Crippen LogP contribution in [-0.4, -0.2) is 67.8 Å². The zero-order valence-corrected chi connectivity index (χ0v) is 22.9. The number of carbonyl (C=O) groups excluding carboxylic acids is 1. The van der Waals surface area contributed by atoms with E-state index in [1.807, 2.05) is 17.0 Å². The Morgan fingerprint density at radius 3 is 2.40 bits per heavy atom. The molecule has 3 aromatic rings. The van der Waals surface area contributed by atoms with Crippen LogP contribution in [0, 0.1) is 0 Å². The smallest absolute Gasteiger partial charge is 0.253 e. The summed E-state index contributed by atoms with van der Waals surface area (Å²) < 4.78 is 29.9. The molecule has 2 heterocycles. The van der Waals surface area contributed by atoms with Crippen molar-refractivity contribution in [1.29, 1.82) is 0 Å². The average Bonchev–Trinajstić information content (AvgIpc) is 3.32. The van der Waals surface area contributed by atoms with Crippen molar-refractivity contribution in [1.82, 2.24) is 14.2 Å². The van der Waals surface area contributed by atoms with Gasteiger partial charge < -0.3 is 9.80 Å². The highest BCUT2D eigenvalue weighted by atomic mass is 79.9. The summed E-state index contributed by atoms with van der Waals surface area (Å²) in [5.74, 6) is -0.0672. The minimum absolute atomic E-state index is 0.0586. The van der Waals surface area contributed by atoms with Gasteiger partial charge >= 0.3 is 0 Å². The lowest BCUT2D eigenvalue weighted by Crippen LogP contribution is -2.48. The molecule has 186 valence electrons. The van der Waals surface area contributed by atoms with Crippen LogP contribution in [0.4, 0.5) is 5.13 Å². The maximum absolute atomic E-state index is 13.1. The van der Waals surface area contributed by atoms with Crippen LogP contribution in [0.2, 0.25) is 0 Å². The van der Waals surface area contributed by atoms with Gasteiger partial charge in [-0.1, -0.05) is 46.5 Å². The van der Waals surface area contributed by atoms with Gasteiger partial charge in [-0.05, 0) is 55.3 Å². The molecule has 0 unspecified atom stereocenters. The normalized spacial score (nSPS) is 17.9. The molecule has 1 amide bonds. The van der Waals surface area contributed by atoms with Gasteiger partial charge in [0.1, 0.15) is 0 Å². The first-order chi connectivity index (χ1) is 16.8. The van der Waals surface area contributed by atoms with Crippen molar-refractivity contribution in [2.75, 3.05) is 38.1 Å². The molecule has 7 nitrogen and oxygen atoms in total. The van der Waals surface area contributed by atoms with E-state index in [-0.39, 0.29) is 16.8 Å². The molecule has 0 atom stereocenters. The van der Waals surface area contributed by atoms with E-state index in [1.54, 1.807) is 42.6 Å². The monoisotopic (exact) mass is 576 g/mol. The van der Waals surface area contributed by atoms with Crippen LogP contribution < -0.4 is 4.90 Å². The Kier molecular flexibility index (Phi) is 7.16. The molecular formula is C25H29BrN4O3S2. The van der Waals surface area contributed by atoms with Crippen molar-refractivity contribution < 1.29 is 13.2 Å². The second-order valence-electron chi connectivity index (χ2n) is 9.23. The second-order valence-corrected chi connectivity index (χ2v) is 13.1. The molecule has 2 aliphatic rings. The molecule has 0 spiro atoms. The van der Waals surface area contributed by atoms with Crippen molar-refractivity contribution in [2.45, 2.75) is 43.0 Å². The largest absolute Gasteiger partial charge is 0.345 e. The van der Waals surface area contributed by atoms with E-state index in [1.165, 1.54) is 10.7 Å². The number of hydrogen-bond acceptors (Lipinski definition) is 6. The standard InChI is InChI=1S/C25H29BrN4O3S2/c1-28(20-5-3-2-4-6-20)35(32,33)21-10-7-18(8-11-21)24(31)29-13-15-30(16-14-29)25-27-22-12-9-19(26)17-23(22)34-25/h7-12,17,20H,2-6,13-16H2,1H3. The first-order valence-electron chi connectivity index (χ1n) is 12.0. The third kappa shape index (κ3) is 5.12. The maximum atomic E-state index is 13.1. The number of carbonyl (C=O) groups is 1. The van der Waals surface area contributed by atoms with E-state index in [0.717, 1.165) is 45.5 Å². The number of rotatable bonds is 5. The van der Waals surface area contributed by atoms with Crippen LogP contribution in [0.15, 0.2) is 51.8 Å². The molecule has 1 aromatic heterocycles. The highest BCUT2D eigenvalue weighted by Gasteiger charge is 2.30. The summed E-state index contributed by atoms with van der Waals surface area (Å²) in [6, 6.07) is 12.6. The summed E-state index contributed by atoms with van der Waals surface area (Å²) in [6.45, 7) is 2.63. The molecule has 1 aliphatic heterocycles.